The molecule has 128 valence electrons. The van der Waals surface area contributed by atoms with Crippen LogP contribution in [0.2, 0.25) is 0 Å². The molecule has 1 saturated carbocycles. The van der Waals surface area contributed by atoms with Gasteiger partial charge in [-0.1, -0.05) is 18.2 Å². The van der Waals surface area contributed by atoms with E-state index in [0.717, 1.165) is 23.8 Å². The molecule has 7 heteroatoms. The van der Waals surface area contributed by atoms with E-state index in [1.165, 1.54) is 0 Å². The molecule has 0 radical (unpaired) electrons. The summed E-state index contributed by atoms with van der Waals surface area (Å²) in [4.78, 5) is 28.1. The van der Waals surface area contributed by atoms with Gasteiger partial charge in [-0.05, 0) is 31.7 Å². The number of amides is 1. The maximum atomic E-state index is 13.0. The number of nitrogens with zero attached hydrogens (tertiary/aromatic N) is 1. The zero-order valence-electron chi connectivity index (χ0n) is 13.1. The minimum atomic E-state index is -4.49. The zero-order chi connectivity index (χ0) is 17.5. The van der Waals surface area contributed by atoms with Crippen LogP contribution in [-0.2, 0) is 0 Å². The van der Waals surface area contributed by atoms with Crippen molar-refractivity contribution < 1.29 is 18.0 Å². The predicted molar refractivity (Wildman–Crippen MR) is 83.8 cm³/mol. The van der Waals surface area contributed by atoms with Crippen LogP contribution in [-0.4, -0.2) is 34.6 Å². The van der Waals surface area contributed by atoms with Crippen LogP contribution >= 0.6 is 0 Å². The Kier molecular flexibility index (Phi) is 4.11. The topological polar surface area (TPSA) is 53.2 Å². The lowest BCUT2D eigenvalue weighted by atomic mass is 10.1. The number of aromatic nitrogens is 1. The van der Waals surface area contributed by atoms with Gasteiger partial charge in [0.2, 0.25) is 5.56 Å². The maximum Gasteiger partial charge on any atom is 0.406 e. The highest BCUT2D eigenvalue weighted by atomic mass is 19.4. The fourth-order valence-electron chi connectivity index (χ4n) is 2.96. The average Bonchev–Trinajstić information content (AvgIpc) is 3.34. The minimum Gasteiger partial charge on any atom is -0.327 e. The van der Waals surface area contributed by atoms with Crippen LogP contribution in [0.3, 0.4) is 0 Å². The van der Waals surface area contributed by atoms with Gasteiger partial charge in [0.1, 0.15) is 6.54 Å². The summed E-state index contributed by atoms with van der Waals surface area (Å²) in [6.45, 7) is 0.321. The first-order chi connectivity index (χ1) is 11.3. The summed E-state index contributed by atoms with van der Waals surface area (Å²) in [6, 6.07) is 7.16. The van der Waals surface area contributed by atoms with Gasteiger partial charge in [0.25, 0.3) is 5.91 Å². The lowest BCUT2D eigenvalue weighted by Crippen LogP contribution is -2.45. The Labute approximate surface area is 136 Å². The monoisotopic (exact) mass is 338 g/mol. The molecule has 1 aliphatic carbocycles. The number of benzene rings is 1. The maximum absolute atomic E-state index is 13.0. The molecule has 1 aliphatic rings. The van der Waals surface area contributed by atoms with Crippen LogP contribution in [0, 0.1) is 5.92 Å². The highest BCUT2D eigenvalue weighted by Crippen LogP contribution is 2.37. The Morgan fingerprint density at radius 2 is 2.00 bits per heavy atom. The lowest BCUT2D eigenvalue weighted by Gasteiger charge is -2.30. The van der Waals surface area contributed by atoms with Crippen molar-refractivity contribution in [3.8, 4) is 0 Å². The fraction of sp³-hybridized carbons (Fsp3) is 0.412. The summed E-state index contributed by atoms with van der Waals surface area (Å²) in [5.41, 5.74) is -0.0754. The SMILES string of the molecule is CC(C1CC1)N(CC(F)(F)F)C(=O)c1cc(=O)[nH]c2ccccc12. The van der Waals surface area contributed by atoms with Crippen molar-refractivity contribution in [1.82, 2.24) is 9.88 Å². The second-order valence-electron chi connectivity index (χ2n) is 6.22. The van der Waals surface area contributed by atoms with Crippen LogP contribution in [0.4, 0.5) is 13.2 Å². The normalized spacial score (nSPS) is 16.2. The summed E-state index contributed by atoms with van der Waals surface area (Å²) in [7, 11) is 0. The second-order valence-corrected chi connectivity index (χ2v) is 6.22. The number of H-pyrrole nitrogens is 1. The van der Waals surface area contributed by atoms with Gasteiger partial charge in [-0.15, -0.1) is 0 Å². The van der Waals surface area contributed by atoms with E-state index in [1.807, 2.05) is 0 Å². The quantitative estimate of drug-likeness (QED) is 0.930. The minimum absolute atomic E-state index is 0.00565. The Balaban J connectivity index is 2.05. The smallest absolute Gasteiger partial charge is 0.327 e. The summed E-state index contributed by atoms with van der Waals surface area (Å²) < 4.78 is 38.9. The molecular formula is C17H17F3N2O2. The molecule has 3 rings (SSSR count). The molecule has 4 nitrogen and oxygen atoms in total. The van der Waals surface area contributed by atoms with Crippen molar-refractivity contribution in [2.24, 2.45) is 5.92 Å². The number of aromatic amines is 1. The number of hydrogen-bond acceptors (Lipinski definition) is 2. The van der Waals surface area contributed by atoms with Crippen molar-refractivity contribution in [1.29, 1.82) is 0 Å². The molecule has 0 spiro atoms. The number of alkyl halides is 3. The molecule has 1 fully saturated rings. The van der Waals surface area contributed by atoms with Crippen LogP contribution in [0.25, 0.3) is 10.9 Å². The van der Waals surface area contributed by atoms with Gasteiger partial charge in [-0.2, -0.15) is 13.2 Å². The molecule has 0 aliphatic heterocycles. The number of pyridine rings is 1. The van der Waals surface area contributed by atoms with E-state index < -0.39 is 30.2 Å². The van der Waals surface area contributed by atoms with Crippen LogP contribution in [0.5, 0.6) is 0 Å². The van der Waals surface area contributed by atoms with E-state index in [2.05, 4.69) is 4.98 Å². The van der Waals surface area contributed by atoms with Crippen molar-refractivity contribution in [3.05, 3.63) is 46.2 Å². The summed E-state index contributed by atoms with van der Waals surface area (Å²) in [6.07, 6.45) is -2.85. The van der Waals surface area contributed by atoms with Crippen LogP contribution < -0.4 is 5.56 Å². The fourth-order valence-corrected chi connectivity index (χ4v) is 2.96. The Hall–Kier alpha value is -2.31. The van der Waals surface area contributed by atoms with Crippen molar-refractivity contribution in [2.75, 3.05) is 6.54 Å². The molecule has 1 amide bonds. The molecule has 0 saturated heterocycles. The van der Waals surface area contributed by atoms with Gasteiger partial charge < -0.3 is 9.88 Å². The van der Waals surface area contributed by atoms with Gasteiger partial charge in [0, 0.05) is 23.0 Å². The first-order valence-electron chi connectivity index (χ1n) is 7.76. The number of carbonyl (C=O) groups is 1. The number of carbonyl (C=O) groups excluding carboxylic acids is 1. The molecule has 24 heavy (non-hydrogen) atoms. The summed E-state index contributed by atoms with van der Waals surface area (Å²) in [5, 5.41) is 0.442. The first-order valence-corrected chi connectivity index (χ1v) is 7.76. The molecule has 2 aromatic rings. The van der Waals surface area contributed by atoms with Crippen molar-refractivity contribution >= 4 is 16.8 Å². The third-order valence-corrected chi connectivity index (χ3v) is 4.39. The molecule has 1 N–H and O–H groups in total. The largest absolute Gasteiger partial charge is 0.406 e. The van der Waals surface area contributed by atoms with E-state index in [-0.39, 0.29) is 11.5 Å². The van der Waals surface area contributed by atoms with E-state index in [0.29, 0.717) is 10.9 Å². The molecule has 1 aromatic carbocycles. The molecule has 1 atom stereocenters. The van der Waals surface area contributed by atoms with Crippen molar-refractivity contribution in [2.45, 2.75) is 32.0 Å². The lowest BCUT2D eigenvalue weighted by molar-refractivity contribution is -0.144. The van der Waals surface area contributed by atoms with Gasteiger partial charge in [-0.25, -0.2) is 0 Å². The Morgan fingerprint density at radius 3 is 2.62 bits per heavy atom. The van der Waals surface area contributed by atoms with Crippen LogP contribution in [0.15, 0.2) is 35.1 Å². The number of nitrogens with one attached hydrogen (secondary N) is 1. The molecule has 1 heterocycles. The third-order valence-electron chi connectivity index (χ3n) is 4.39. The van der Waals surface area contributed by atoms with Gasteiger partial charge >= 0.3 is 6.18 Å². The van der Waals surface area contributed by atoms with E-state index >= 15 is 0 Å². The van der Waals surface area contributed by atoms with Gasteiger partial charge in [0.15, 0.2) is 0 Å². The standard InChI is InChI=1S/C17H17F3N2O2/c1-10(11-6-7-11)22(9-17(18,19)20)16(24)13-8-15(23)21-14-5-3-2-4-12(13)14/h2-5,8,10-11H,6-7,9H2,1H3,(H,21,23). The highest BCUT2D eigenvalue weighted by Gasteiger charge is 2.41. The Bertz CT molecular complexity index is 824. The number of halogens is 3. The summed E-state index contributed by atoms with van der Waals surface area (Å²) in [5.74, 6) is -0.668. The number of para-hydroxylation sites is 1. The predicted octanol–water partition coefficient (Wildman–Crippen LogP) is 3.33. The van der Waals surface area contributed by atoms with Gasteiger partial charge in [-0.3, -0.25) is 9.59 Å². The highest BCUT2D eigenvalue weighted by molar-refractivity contribution is 6.06. The second kappa shape index (κ2) is 5.96. The Morgan fingerprint density at radius 1 is 1.33 bits per heavy atom. The van der Waals surface area contributed by atoms with E-state index in [4.69, 9.17) is 0 Å². The number of rotatable bonds is 4. The van der Waals surface area contributed by atoms with E-state index in [1.54, 1.807) is 31.2 Å². The average molecular weight is 338 g/mol. The van der Waals surface area contributed by atoms with Crippen LogP contribution in [0.1, 0.15) is 30.1 Å². The van der Waals surface area contributed by atoms with Crippen molar-refractivity contribution in [3.63, 3.8) is 0 Å². The first kappa shape index (κ1) is 16.5. The number of fused-ring (bicyclic) bond motifs is 1. The third kappa shape index (κ3) is 3.44. The molecule has 0 bridgehead atoms. The van der Waals surface area contributed by atoms with E-state index in [9.17, 15) is 22.8 Å². The molecular weight excluding hydrogens is 321 g/mol. The molecule has 1 unspecified atom stereocenters. The molecule has 1 aromatic heterocycles. The summed E-state index contributed by atoms with van der Waals surface area (Å²) >= 11 is 0. The number of hydrogen-bond donors (Lipinski definition) is 1. The zero-order valence-corrected chi connectivity index (χ0v) is 13.1. The van der Waals surface area contributed by atoms with Gasteiger partial charge in [0.05, 0.1) is 5.56 Å².